The van der Waals surface area contributed by atoms with Gasteiger partial charge in [-0.15, -0.1) is 22.7 Å². The number of hydrogen-bond acceptors (Lipinski definition) is 4. The van der Waals surface area contributed by atoms with E-state index < -0.39 is 0 Å². The number of aromatic nitrogens is 2. The minimum absolute atomic E-state index is 0.878. The number of hydrogen-bond donors (Lipinski definition) is 0. The van der Waals surface area contributed by atoms with Crippen LogP contribution in [0.4, 0.5) is 0 Å². The van der Waals surface area contributed by atoms with Crippen molar-refractivity contribution in [3.8, 4) is 0 Å². The zero-order valence-electron chi connectivity index (χ0n) is 7.57. The van der Waals surface area contributed by atoms with Gasteiger partial charge in [0.1, 0.15) is 0 Å². The molecular formula is C9H10N2S2. The molecule has 0 N–H and O–H groups in total. The fourth-order valence-electron chi connectivity index (χ4n) is 1.13. The van der Waals surface area contributed by atoms with Gasteiger partial charge in [-0.05, 0) is 13.8 Å². The van der Waals surface area contributed by atoms with Crippen LogP contribution in [0, 0.1) is 13.8 Å². The lowest BCUT2D eigenvalue weighted by Gasteiger charge is -1.89. The van der Waals surface area contributed by atoms with Crippen molar-refractivity contribution in [1.29, 1.82) is 0 Å². The molecule has 0 saturated carbocycles. The predicted octanol–water partition coefficient (Wildman–Crippen LogP) is 2.81. The maximum atomic E-state index is 4.40. The molecule has 2 rings (SSSR count). The molecule has 0 aliphatic rings. The van der Waals surface area contributed by atoms with Gasteiger partial charge in [-0.1, -0.05) is 0 Å². The van der Waals surface area contributed by atoms with E-state index >= 15 is 0 Å². The first-order valence-corrected chi connectivity index (χ1v) is 5.82. The van der Waals surface area contributed by atoms with Crippen LogP contribution in [0.5, 0.6) is 0 Å². The van der Waals surface area contributed by atoms with Gasteiger partial charge in [-0.3, -0.25) is 0 Å². The Morgan fingerprint density at radius 3 is 2.54 bits per heavy atom. The number of thiazole rings is 2. The third kappa shape index (κ3) is 2.14. The first-order chi connectivity index (χ1) is 6.24. The predicted molar refractivity (Wildman–Crippen MR) is 56.5 cm³/mol. The monoisotopic (exact) mass is 210 g/mol. The van der Waals surface area contributed by atoms with Crippen LogP contribution < -0.4 is 0 Å². The van der Waals surface area contributed by atoms with Crippen molar-refractivity contribution < 1.29 is 0 Å². The van der Waals surface area contributed by atoms with Crippen LogP contribution in [0.25, 0.3) is 0 Å². The Morgan fingerprint density at radius 1 is 1.15 bits per heavy atom. The summed E-state index contributed by atoms with van der Waals surface area (Å²) in [5, 5.41) is 6.46. The second-order valence-corrected chi connectivity index (χ2v) is 4.92. The first-order valence-electron chi connectivity index (χ1n) is 4.06. The summed E-state index contributed by atoms with van der Waals surface area (Å²) in [6.45, 7) is 4.05. The fraction of sp³-hybridized carbons (Fsp3) is 0.333. The van der Waals surface area contributed by atoms with E-state index in [0.29, 0.717) is 0 Å². The molecule has 68 valence electrons. The lowest BCUT2D eigenvalue weighted by Crippen LogP contribution is -1.87. The molecule has 0 fully saturated rings. The van der Waals surface area contributed by atoms with Crippen molar-refractivity contribution >= 4 is 22.7 Å². The number of rotatable bonds is 2. The molecule has 2 aromatic heterocycles. The zero-order valence-corrected chi connectivity index (χ0v) is 9.21. The molecule has 0 radical (unpaired) electrons. The van der Waals surface area contributed by atoms with Crippen molar-refractivity contribution in [3.05, 3.63) is 32.2 Å². The first kappa shape index (κ1) is 8.84. The van der Waals surface area contributed by atoms with E-state index in [4.69, 9.17) is 0 Å². The Morgan fingerprint density at radius 2 is 2.00 bits per heavy atom. The van der Waals surface area contributed by atoms with Gasteiger partial charge in [0.2, 0.25) is 0 Å². The van der Waals surface area contributed by atoms with Gasteiger partial charge in [-0.25, -0.2) is 9.97 Å². The Kier molecular flexibility index (Phi) is 2.42. The quantitative estimate of drug-likeness (QED) is 0.761. The summed E-state index contributed by atoms with van der Waals surface area (Å²) in [4.78, 5) is 8.80. The summed E-state index contributed by atoms with van der Waals surface area (Å²) in [6, 6.07) is 0. The smallest absolute Gasteiger partial charge is 0.0988 e. The maximum absolute atomic E-state index is 4.40. The summed E-state index contributed by atoms with van der Waals surface area (Å²) in [5.41, 5.74) is 2.24. The van der Waals surface area contributed by atoms with Crippen LogP contribution in [-0.2, 0) is 6.42 Å². The average molecular weight is 210 g/mol. The van der Waals surface area contributed by atoms with Gasteiger partial charge >= 0.3 is 0 Å². The third-order valence-corrected chi connectivity index (χ3v) is 3.45. The van der Waals surface area contributed by atoms with E-state index in [1.54, 1.807) is 22.7 Å². The highest BCUT2D eigenvalue weighted by atomic mass is 32.1. The molecule has 2 aromatic rings. The molecule has 0 amide bonds. The number of nitrogens with zero attached hydrogens (tertiary/aromatic N) is 2. The minimum Gasteiger partial charge on any atom is -0.246 e. The van der Waals surface area contributed by atoms with Gasteiger partial charge in [0, 0.05) is 22.9 Å². The maximum Gasteiger partial charge on any atom is 0.0988 e. The van der Waals surface area contributed by atoms with Crippen LogP contribution in [0.2, 0.25) is 0 Å². The molecule has 0 atom stereocenters. The second-order valence-electron chi connectivity index (χ2n) is 2.92. The second kappa shape index (κ2) is 3.55. The topological polar surface area (TPSA) is 25.8 Å². The summed E-state index contributed by atoms with van der Waals surface area (Å²) in [5.74, 6) is 0. The molecule has 2 nitrogen and oxygen atoms in total. The van der Waals surface area contributed by atoms with Gasteiger partial charge in [0.15, 0.2) is 0 Å². The van der Waals surface area contributed by atoms with E-state index in [2.05, 4.69) is 20.7 Å². The van der Waals surface area contributed by atoms with Crippen LogP contribution in [-0.4, -0.2) is 9.97 Å². The van der Waals surface area contributed by atoms with Crippen molar-refractivity contribution in [2.45, 2.75) is 20.3 Å². The zero-order chi connectivity index (χ0) is 9.26. The van der Waals surface area contributed by atoms with Crippen LogP contribution in [0.3, 0.4) is 0 Å². The molecule has 0 spiro atoms. The highest BCUT2D eigenvalue weighted by Crippen LogP contribution is 2.15. The van der Waals surface area contributed by atoms with E-state index in [9.17, 15) is 0 Å². The van der Waals surface area contributed by atoms with Crippen LogP contribution in [0.1, 0.15) is 21.4 Å². The molecule has 0 aliphatic heterocycles. The van der Waals surface area contributed by atoms with Gasteiger partial charge in [0.05, 0.1) is 15.7 Å². The summed E-state index contributed by atoms with van der Waals surface area (Å²) in [6.07, 6.45) is 0.878. The largest absolute Gasteiger partial charge is 0.246 e. The molecule has 2 heterocycles. The lowest BCUT2D eigenvalue weighted by molar-refractivity contribution is 1.04. The Hall–Kier alpha value is -0.740. The molecule has 0 unspecified atom stereocenters. The van der Waals surface area contributed by atoms with E-state index in [-0.39, 0.29) is 0 Å². The molecule has 4 heteroatoms. The summed E-state index contributed by atoms with van der Waals surface area (Å²) >= 11 is 3.40. The van der Waals surface area contributed by atoms with Crippen LogP contribution >= 0.6 is 22.7 Å². The summed E-state index contributed by atoms with van der Waals surface area (Å²) in [7, 11) is 0. The van der Waals surface area contributed by atoms with Gasteiger partial charge in [-0.2, -0.15) is 0 Å². The van der Waals surface area contributed by atoms with Crippen molar-refractivity contribution in [2.75, 3.05) is 0 Å². The van der Waals surface area contributed by atoms with E-state index in [1.807, 2.05) is 13.8 Å². The standard InChI is InChI=1S/C9H10N2S2/c1-6-4-13-9(10-6)3-8-5-12-7(2)11-8/h4-5H,3H2,1-2H3. The third-order valence-electron chi connectivity index (χ3n) is 1.67. The Bertz CT molecular complexity index is 365. The highest BCUT2D eigenvalue weighted by molar-refractivity contribution is 7.10. The molecule has 0 bridgehead atoms. The normalized spacial score (nSPS) is 10.6. The van der Waals surface area contributed by atoms with Crippen molar-refractivity contribution in [1.82, 2.24) is 9.97 Å². The molecular weight excluding hydrogens is 200 g/mol. The van der Waals surface area contributed by atoms with Gasteiger partial charge < -0.3 is 0 Å². The highest BCUT2D eigenvalue weighted by Gasteiger charge is 2.03. The van der Waals surface area contributed by atoms with Gasteiger partial charge in [0.25, 0.3) is 0 Å². The molecule has 0 aromatic carbocycles. The van der Waals surface area contributed by atoms with E-state index in [1.165, 1.54) is 0 Å². The number of aryl methyl sites for hydroxylation is 2. The van der Waals surface area contributed by atoms with Crippen molar-refractivity contribution in [2.24, 2.45) is 0 Å². The average Bonchev–Trinajstić information content (AvgIpc) is 2.62. The van der Waals surface area contributed by atoms with E-state index in [0.717, 1.165) is 27.8 Å². The van der Waals surface area contributed by atoms with Crippen LogP contribution in [0.15, 0.2) is 10.8 Å². The SMILES string of the molecule is Cc1csc(Cc2csc(C)n2)n1. The molecule has 13 heavy (non-hydrogen) atoms. The molecule has 0 aliphatic carbocycles. The Balaban J connectivity index is 2.14. The van der Waals surface area contributed by atoms with Crippen molar-refractivity contribution in [3.63, 3.8) is 0 Å². The fourth-order valence-corrected chi connectivity index (χ4v) is 2.53. The lowest BCUT2D eigenvalue weighted by atomic mass is 10.3. The Labute approximate surface area is 85.3 Å². The minimum atomic E-state index is 0.878. The molecule has 0 saturated heterocycles. The summed E-state index contributed by atoms with van der Waals surface area (Å²) < 4.78 is 0.